The summed E-state index contributed by atoms with van der Waals surface area (Å²) in [6.45, 7) is -0.693. The van der Waals surface area contributed by atoms with Crippen molar-refractivity contribution in [2.24, 2.45) is 0 Å². The van der Waals surface area contributed by atoms with Gasteiger partial charge in [0.15, 0.2) is 6.63 Å². The zero-order valence-corrected chi connectivity index (χ0v) is 6.76. The van der Waals surface area contributed by atoms with E-state index < -0.39 is 6.63 Å². The normalized spacial score (nSPS) is 29.5. The van der Waals surface area contributed by atoms with Crippen LogP contribution in [-0.4, -0.2) is 23.4 Å². The van der Waals surface area contributed by atoms with Gasteiger partial charge in [0, 0.05) is 7.05 Å². The molecular formula is C3H5ClNOPS. The number of carbonyl (C=O) groups excluding carboxylic acids is 1. The van der Waals surface area contributed by atoms with Crippen LogP contribution in [0.25, 0.3) is 0 Å². The fraction of sp³-hybridized carbons (Fsp3) is 0.667. The number of amides is 1. The summed E-state index contributed by atoms with van der Waals surface area (Å²) in [7, 11) is 1.74. The van der Waals surface area contributed by atoms with Gasteiger partial charge in [0.2, 0.25) is 5.91 Å². The highest BCUT2D eigenvalue weighted by atomic mass is 35.7. The average molecular weight is 170 g/mol. The van der Waals surface area contributed by atoms with Crippen LogP contribution in [-0.2, 0) is 4.79 Å². The van der Waals surface area contributed by atoms with E-state index in [-0.39, 0.29) is 5.91 Å². The molecule has 1 amide bonds. The quantitative estimate of drug-likeness (QED) is 0.514. The Kier molecular flexibility index (Phi) is 2.02. The van der Waals surface area contributed by atoms with E-state index in [9.17, 15) is 4.79 Å². The topological polar surface area (TPSA) is 20.3 Å². The maximum absolute atomic E-state index is 10.6. The molecule has 0 aliphatic carbocycles. The zero-order valence-electron chi connectivity index (χ0n) is 4.30. The number of rotatable bonds is 0. The minimum Gasteiger partial charge on any atom is -0.303 e. The molecule has 1 aliphatic rings. The van der Waals surface area contributed by atoms with Gasteiger partial charge in [-0.1, -0.05) is 22.6 Å². The summed E-state index contributed by atoms with van der Waals surface area (Å²) in [5.74, 6) is 0.710. The van der Waals surface area contributed by atoms with Crippen LogP contribution in [0.4, 0.5) is 0 Å². The second kappa shape index (κ2) is 2.42. The number of carbonyl (C=O) groups is 1. The van der Waals surface area contributed by atoms with Crippen LogP contribution in [0.15, 0.2) is 0 Å². The van der Waals surface area contributed by atoms with Gasteiger partial charge in [-0.15, -0.1) is 0 Å². The first kappa shape index (κ1) is 6.66. The van der Waals surface area contributed by atoms with Gasteiger partial charge in [-0.2, -0.15) is 0 Å². The smallest absolute Gasteiger partial charge is 0.237 e. The number of halogens is 1. The predicted octanol–water partition coefficient (Wildman–Crippen LogP) is 1.66. The van der Waals surface area contributed by atoms with Crippen molar-refractivity contribution in [3.8, 4) is 0 Å². The third-order valence-electron chi connectivity index (χ3n) is 0.891. The third kappa shape index (κ3) is 1.09. The molecule has 1 saturated heterocycles. The van der Waals surface area contributed by atoms with E-state index in [4.69, 9.17) is 11.2 Å². The Labute approximate surface area is 57.9 Å². The van der Waals surface area contributed by atoms with E-state index in [1.807, 2.05) is 0 Å². The molecule has 0 aromatic heterocycles. The minimum absolute atomic E-state index is 0.149. The predicted molar refractivity (Wildman–Crippen MR) is 38.0 cm³/mol. The fourth-order valence-corrected chi connectivity index (χ4v) is 3.44. The SMILES string of the molecule is CN1C(=O)CSP1Cl. The van der Waals surface area contributed by atoms with Crippen LogP contribution in [0, 0.1) is 0 Å². The molecule has 5 heteroatoms. The number of nitrogens with zero attached hydrogens (tertiary/aromatic N) is 1. The summed E-state index contributed by atoms with van der Waals surface area (Å²) in [5.41, 5.74) is 0. The molecule has 0 radical (unpaired) electrons. The van der Waals surface area contributed by atoms with Crippen molar-refractivity contribution >= 4 is 35.2 Å². The van der Waals surface area contributed by atoms with Gasteiger partial charge in [0.25, 0.3) is 0 Å². The van der Waals surface area contributed by atoms with E-state index >= 15 is 0 Å². The van der Waals surface area contributed by atoms with Gasteiger partial charge in [-0.3, -0.25) is 4.79 Å². The average Bonchev–Trinajstić information content (AvgIpc) is 1.98. The lowest BCUT2D eigenvalue weighted by molar-refractivity contribution is -0.122. The molecule has 2 nitrogen and oxygen atoms in total. The van der Waals surface area contributed by atoms with Crippen LogP contribution in [0.5, 0.6) is 0 Å². The van der Waals surface area contributed by atoms with E-state index in [1.165, 1.54) is 11.4 Å². The molecule has 1 fully saturated rings. The monoisotopic (exact) mass is 169 g/mol. The molecule has 1 heterocycles. The fourth-order valence-electron chi connectivity index (χ4n) is 0.376. The highest BCUT2D eigenvalue weighted by molar-refractivity contribution is 8.63. The van der Waals surface area contributed by atoms with E-state index in [0.29, 0.717) is 5.75 Å². The van der Waals surface area contributed by atoms with E-state index in [1.54, 1.807) is 11.7 Å². The summed E-state index contributed by atoms with van der Waals surface area (Å²) >= 11 is 7.21. The molecule has 1 aliphatic heterocycles. The van der Waals surface area contributed by atoms with Gasteiger partial charge >= 0.3 is 0 Å². The highest BCUT2D eigenvalue weighted by Gasteiger charge is 2.26. The molecule has 0 spiro atoms. The van der Waals surface area contributed by atoms with Gasteiger partial charge in [0.05, 0.1) is 5.75 Å². The first-order valence-electron chi connectivity index (χ1n) is 2.07. The Balaban J connectivity index is 2.56. The van der Waals surface area contributed by atoms with Gasteiger partial charge in [-0.25, -0.2) is 0 Å². The van der Waals surface area contributed by atoms with Gasteiger partial charge in [0.1, 0.15) is 0 Å². The van der Waals surface area contributed by atoms with E-state index in [2.05, 4.69) is 0 Å². The Hall–Kier alpha value is 0.540. The van der Waals surface area contributed by atoms with Crippen LogP contribution in [0.3, 0.4) is 0 Å². The highest BCUT2D eigenvalue weighted by Crippen LogP contribution is 2.60. The lowest BCUT2D eigenvalue weighted by Gasteiger charge is -2.08. The van der Waals surface area contributed by atoms with E-state index in [0.717, 1.165) is 0 Å². The van der Waals surface area contributed by atoms with Crippen molar-refractivity contribution in [3.63, 3.8) is 0 Å². The molecule has 1 atom stereocenters. The van der Waals surface area contributed by atoms with Crippen molar-refractivity contribution < 1.29 is 4.79 Å². The molecule has 0 bridgehead atoms. The largest absolute Gasteiger partial charge is 0.303 e. The molecular weight excluding hydrogens is 165 g/mol. The van der Waals surface area contributed by atoms with Crippen molar-refractivity contribution in [2.75, 3.05) is 12.8 Å². The van der Waals surface area contributed by atoms with Crippen molar-refractivity contribution in [2.45, 2.75) is 0 Å². The van der Waals surface area contributed by atoms with Crippen LogP contribution in [0.1, 0.15) is 0 Å². The summed E-state index contributed by atoms with van der Waals surface area (Å²) in [6.07, 6.45) is 0. The Morgan fingerprint density at radius 1 is 2.00 bits per heavy atom. The van der Waals surface area contributed by atoms with Gasteiger partial charge in [-0.05, 0) is 0 Å². The van der Waals surface area contributed by atoms with Crippen molar-refractivity contribution in [1.29, 1.82) is 0 Å². The Bertz CT molecular complexity index is 122. The summed E-state index contributed by atoms with van der Waals surface area (Å²) in [6, 6.07) is 0. The lowest BCUT2D eigenvalue weighted by atomic mass is 10.7. The first-order valence-corrected chi connectivity index (χ1v) is 5.86. The zero-order chi connectivity index (χ0) is 6.15. The molecule has 0 N–H and O–H groups in total. The standard InChI is InChI=1S/C3H5ClNOPS/c1-5-3(6)2-8-7(5)4/h2H2,1H3. The van der Waals surface area contributed by atoms with Crippen LogP contribution in [0.2, 0.25) is 0 Å². The molecule has 46 valence electrons. The number of hydrogen-bond acceptors (Lipinski definition) is 2. The lowest BCUT2D eigenvalue weighted by Crippen LogP contribution is -2.14. The molecule has 1 rings (SSSR count). The van der Waals surface area contributed by atoms with Crippen molar-refractivity contribution in [3.05, 3.63) is 0 Å². The Morgan fingerprint density at radius 2 is 2.62 bits per heavy atom. The second-order valence-corrected chi connectivity index (χ2v) is 6.39. The molecule has 1 unspecified atom stereocenters. The van der Waals surface area contributed by atoms with Gasteiger partial charge < -0.3 is 4.67 Å². The maximum Gasteiger partial charge on any atom is 0.237 e. The summed E-state index contributed by atoms with van der Waals surface area (Å²) in [4.78, 5) is 10.6. The molecule has 8 heavy (non-hydrogen) atoms. The minimum atomic E-state index is -0.693. The maximum atomic E-state index is 10.6. The Morgan fingerprint density at radius 3 is 2.75 bits per heavy atom. The molecule has 0 aromatic rings. The molecule has 0 aromatic carbocycles. The molecule has 0 saturated carbocycles. The second-order valence-electron chi connectivity index (χ2n) is 1.42. The summed E-state index contributed by atoms with van der Waals surface area (Å²) in [5, 5.41) is 0. The first-order chi connectivity index (χ1) is 3.72. The summed E-state index contributed by atoms with van der Waals surface area (Å²) < 4.78 is 1.60. The van der Waals surface area contributed by atoms with Crippen LogP contribution >= 0.6 is 29.2 Å². The third-order valence-corrected chi connectivity index (χ3v) is 5.50. The van der Waals surface area contributed by atoms with Crippen LogP contribution < -0.4 is 0 Å². The number of hydrogen-bond donors (Lipinski definition) is 0. The van der Waals surface area contributed by atoms with Crippen molar-refractivity contribution in [1.82, 2.24) is 4.67 Å².